The fourth-order valence-electron chi connectivity index (χ4n) is 2.52. The standard InChI is InChI=1S/C18H16N4OS/c23-17(14-8-9-19-15(11-14)13-6-7-13)21-18-20-16(22-24-18)10-12-4-2-1-3-5-12/h1-5,8-9,11,13H,6-7,10H2,(H,20,21,22,23). The first-order valence-electron chi connectivity index (χ1n) is 7.92. The van der Waals surface area contributed by atoms with E-state index < -0.39 is 0 Å². The molecule has 1 aliphatic carbocycles. The van der Waals surface area contributed by atoms with E-state index in [0.29, 0.717) is 23.0 Å². The normalized spacial score (nSPS) is 13.7. The zero-order valence-electron chi connectivity index (χ0n) is 13.0. The molecule has 1 saturated carbocycles. The smallest absolute Gasteiger partial charge is 0.257 e. The van der Waals surface area contributed by atoms with E-state index in [1.807, 2.05) is 36.4 Å². The van der Waals surface area contributed by atoms with Gasteiger partial charge in [0.15, 0.2) is 0 Å². The number of pyridine rings is 1. The number of nitrogens with one attached hydrogen (secondary N) is 1. The summed E-state index contributed by atoms with van der Waals surface area (Å²) in [6, 6.07) is 13.6. The minimum Gasteiger partial charge on any atom is -0.297 e. The highest BCUT2D eigenvalue weighted by Crippen LogP contribution is 2.39. The highest BCUT2D eigenvalue weighted by atomic mass is 32.1. The molecule has 5 nitrogen and oxygen atoms in total. The largest absolute Gasteiger partial charge is 0.297 e. The number of aromatic nitrogens is 3. The van der Waals surface area contributed by atoms with Crippen LogP contribution in [-0.2, 0) is 6.42 Å². The molecular weight excluding hydrogens is 320 g/mol. The van der Waals surface area contributed by atoms with Crippen LogP contribution in [0.15, 0.2) is 48.7 Å². The molecule has 1 aliphatic rings. The van der Waals surface area contributed by atoms with Crippen LogP contribution < -0.4 is 5.32 Å². The maximum Gasteiger partial charge on any atom is 0.257 e. The number of anilines is 1. The van der Waals surface area contributed by atoms with Crippen molar-refractivity contribution in [3.63, 3.8) is 0 Å². The van der Waals surface area contributed by atoms with Crippen molar-refractivity contribution in [2.45, 2.75) is 25.2 Å². The summed E-state index contributed by atoms with van der Waals surface area (Å²) in [6.45, 7) is 0. The third-order valence-electron chi connectivity index (χ3n) is 3.93. The minimum atomic E-state index is -0.165. The minimum absolute atomic E-state index is 0.165. The van der Waals surface area contributed by atoms with Gasteiger partial charge in [0.2, 0.25) is 5.13 Å². The number of carbonyl (C=O) groups is 1. The van der Waals surface area contributed by atoms with Crippen molar-refractivity contribution in [1.29, 1.82) is 0 Å². The van der Waals surface area contributed by atoms with Gasteiger partial charge in [0, 0.05) is 41.3 Å². The first-order chi connectivity index (χ1) is 11.8. The van der Waals surface area contributed by atoms with Crippen molar-refractivity contribution in [2.24, 2.45) is 0 Å². The molecule has 0 radical (unpaired) electrons. The van der Waals surface area contributed by atoms with Gasteiger partial charge in [0.1, 0.15) is 5.82 Å². The van der Waals surface area contributed by atoms with Crippen LogP contribution >= 0.6 is 11.5 Å². The van der Waals surface area contributed by atoms with Crippen molar-refractivity contribution in [2.75, 3.05) is 5.32 Å². The highest BCUT2D eigenvalue weighted by Gasteiger charge is 2.25. The first kappa shape index (κ1) is 15.0. The molecule has 24 heavy (non-hydrogen) atoms. The van der Waals surface area contributed by atoms with Crippen LogP contribution in [-0.4, -0.2) is 20.2 Å². The van der Waals surface area contributed by atoms with Gasteiger partial charge in [-0.05, 0) is 30.5 Å². The maximum absolute atomic E-state index is 12.4. The molecule has 6 heteroatoms. The molecule has 0 spiro atoms. The molecule has 1 aromatic carbocycles. The zero-order valence-corrected chi connectivity index (χ0v) is 13.8. The molecule has 1 amide bonds. The van der Waals surface area contributed by atoms with Crippen LogP contribution in [0, 0.1) is 0 Å². The average Bonchev–Trinajstić information content (AvgIpc) is 3.38. The summed E-state index contributed by atoms with van der Waals surface area (Å²) >= 11 is 1.21. The van der Waals surface area contributed by atoms with Crippen LogP contribution in [0.3, 0.4) is 0 Å². The SMILES string of the molecule is O=C(Nc1nc(Cc2ccccc2)ns1)c1ccnc(C2CC2)c1. The summed E-state index contributed by atoms with van der Waals surface area (Å²) in [7, 11) is 0. The lowest BCUT2D eigenvalue weighted by molar-refractivity contribution is 0.102. The monoisotopic (exact) mass is 336 g/mol. The Morgan fingerprint density at radius 1 is 1.21 bits per heavy atom. The van der Waals surface area contributed by atoms with Gasteiger partial charge in [-0.25, -0.2) is 4.98 Å². The molecule has 0 saturated heterocycles. The fraction of sp³-hybridized carbons (Fsp3) is 0.222. The van der Waals surface area contributed by atoms with Gasteiger partial charge in [0.05, 0.1) is 0 Å². The number of rotatable bonds is 5. The topological polar surface area (TPSA) is 67.8 Å². The molecule has 0 bridgehead atoms. The maximum atomic E-state index is 12.4. The van der Waals surface area contributed by atoms with Crippen molar-refractivity contribution < 1.29 is 4.79 Å². The number of carbonyl (C=O) groups excluding carboxylic acids is 1. The van der Waals surface area contributed by atoms with Crippen molar-refractivity contribution in [3.05, 3.63) is 71.3 Å². The average molecular weight is 336 g/mol. The second-order valence-corrected chi connectivity index (χ2v) is 6.63. The molecule has 0 aliphatic heterocycles. The van der Waals surface area contributed by atoms with E-state index in [4.69, 9.17) is 0 Å². The van der Waals surface area contributed by atoms with Crippen molar-refractivity contribution in [3.8, 4) is 0 Å². The molecule has 0 unspecified atom stereocenters. The van der Waals surface area contributed by atoms with Crippen LogP contribution in [0.4, 0.5) is 5.13 Å². The Kier molecular flexibility index (Phi) is 4.04. The molecular formula is C18H16N4OS. The van der Waals surface area contributed by atoms with Crippen LogP contribution in [0.5, 0.6) is 0 Å². The molecule has 2 heterocycles. The second kappa shape index (κ2) is 6.49. The highest BCUT2D eigenvalue weighted by molar-refractivity contribution is 7.09. The van der Waals surface area contributed by atoms with E-state index in [1.165, 1.54) is 11.5 Å². The Morgan fingerprint density at radius 3 is 2.83 bits per heavy atom. The third kappa shape index (κ3) is 3.49. The lowest BCUT2D eigenvalue weighted by Gasteiger charge is -2.03. The summed E-state index contributed by atoms with van der Waals surface area (Å²) in [5.41, 5.74) is 2.77. The van der Waals surface area contributed by atoms with Gasteiger partial charge in [-0.15, -0.1) is 0 Å². The van der Waals surface area contributed by atoms with Gasteiger partial charge < -0.3 is 0 Å². The van der Waals surface area contributed by atoms with Crippen molar-refractivity contribution in [1.82, 2.24) is 14.3 Å². The van der Waals surface area contributed by atoms with E-state index in [0.717, 1.165) is 29.9 Å². The number of hydrogen-bond acceptors (Lipinski definition) is 5. The van der Waals surface area contributed by atoms with E-state index in [-0.39, 0.29) is 5.91 Å². The van der Waals surface area contributed by atoms with Gasteiger partial charge in [-0.3, -0.25) is 15.1 Å². The second-order valence-electron chi connectivity index (χ2n) is 5.88. The van der Waals surface area contributed by atoms with E-state index in [1.54, 1.807) is 12.3 Å². The Bertz CT molecular complexity index is 858. The van der Waals surface area contributed by atoms with Crippen LogP contribution in [0.1, 0.15) is 46.2 Å². The zero-order chi connectivity index (χ0) is 16.4. The number of nitrogens with zero attached hydrogens (tertiary/aromatic N) is 3. The molecule has 4 rings (SSSR count). The summed E-state index contributed by atoms with van der Waals surface area (Å²) in [6.07, 6.45) is 4.69. The Balaban J connectivity index is 1.43. The van der Waals surface area contributed by atoms with Gasteiger partial charge >= 0.3 is 0 Å². The molecule has 120 valence electrons. The van der Waals surface area contributed by atoms with E-state index in [2.05, 4.69) is 19.7 Å². The van der Waals surface area contributed by atoms with E-state index >= 15 is 0 Å². The number of benzene rings is 1. The van der Waals surface area contributed by atoms with Crippen LogP contribution in [0.2, 0.25) is 0 Å². The molecule has 1 fully saturated rings. The Hall–Kier alpha value is -2.60. The summed E-state index contributed by atoms with van der Waals surface area (Å²) in [4.78, 5) is 21.1. The molecule has 3 aromatic rings. The quantitative estimate of drug-likeness (QED) is 0.772. The number of hydrogen-bond donors (Lipinski definition) is 1. The van der Waals surface area contributed by atoms with Gasteiger partial charge in [-0.2, -0.15) is 4.37 Å². The predicted molar refractivity (Wildman–Crippen MR) is 93.3 cm³/mol. The van der Waals surface area contributed by atoms with E-state index in [9.17, 15) is 4.79 Å². The predicted octanol–water partition coefficient (Wildman–Crippen LogP) is 3.65. The molecule has 1 N–H and O–H groups in total. The van der Waals surface area contributed by atoms with Gasteiger partial charge in [-0.1, -0.05) is 30.3 Å². The third-order valence-corrected chi connectivity index (χ3v) is 4.60. The van der Waals surface area contributed by atoms with Crippen LogP contribution in [0.25, 0.3) is 0 Å². The molecule has 0 atom stereocenters. The van der Waals surface area contributed by atoms with Crippen molar-refractivity contribution >= 4 is 22.6 Å². The van der Waals surface area contributed by atoms with Gasteiger partial charge in [0.25, 0.3) is 5.91 Å². The lowest BCUT2D eigenvalue weighted by atomic mass is 10.1. The Labute approximate surface area is 144 Å². The lowest BCUT2D eigenvalue weighted by Crippen LogP contribution is -2.12. The summed E-state index contributed by atoms with van der Waals surface area (Å²) < 4.78 is 4.32. The summed E-state index contributed by atoms with van der Waals surface area (Å²) in [5, 5.41) is 3.35. The summed E-state index contributed by atoms with van der Waals surface area (Å²) in [5.74, 6) is 1.08. The number of amides is 1. The fourth-order valence-corrected chi connectivity index (χ4v) is 3.10. The molecule has 2 aromatic heterocycles. The Morgan fingerprint density at radius 2 is 2.04 bits per heavy atom. The first-order valence-corrected chi connectivity index (χ1v) is 8.69.